The maximum absolute atomic E-state index is 10.4. The van der Waals surface area contributed by atoms with E-state index in [1.165, 1.54) is 11.1 Å². The third-order valence-corrected chi connectivity index (χ3v) is 16.0. The van der Waals surface area contributed by atoms with Crippen LogP contribution in [0.25, 0.3) is 0 Å². The highest BCUT2D eigenvalue weighted by Crippen LogP contribution is 2.43. The van der Waals surface area contributed by atoms with Gasteiger partial charge in [0.15, 0.2) is 73.3 Å². The van der Waals surface area contributed by atoms with Gasteiger partial charge in [-0.15, -0.1) is 0 Å². The van der Waals surface area contributed by atoms with E-state index in [4.69, 9.17) is 75.8 Å². The van der Waals surface area contributed by atoms with Crippen LogP contribution in [0.4, 0.5) is 0 Å². The normalized spacial score (nSPS) is 15.0. The van der Waals surface area contributed by atoms with Gasteiger partial charge in [0, 0.05) is 65.0 Å². The monoisotopic (exact) mass is 1360 g/mol. The van der Waals surface area contributed by atoms with E-state index >= 15 is 0 Å². The largest absolute Gasteiger partial charge is 0.502 e. The number of hydrogen-bond acceptors (Lipinski definition) is 17. The van der Waals surface area contributed by atoms with E-state index in [0.717, 1.165) is 77.5 Å². The van der Waals surface area contributed by atoms with Crippen LogP contribution in [-0.2, 0) is 37.9 Å². The molecule has 5 aromatic rings. The van der Waals surface area contributed by atoms with Crippen molar-refractivity contribution in [2.45, 2.75) is 278 Å². The molecule has 0 fully saturated rings. The third kappa shape index (κ3) is 34.1. The molecule has 13 unspecified atom stereocenters. The average Bonchev–Trinajstić information content (AvgIpc) is 0.960. The van der Waals surface area contributed by atoms with Crippen molar-refractivity contribution in [2.24, 2.45) is 0 Å². The van der Waals surface area contributed by atoms with Crippen LogP contribution in [0.5, 0.6) is 51.7 Å². The average molecular weight is 1360 g/mol. The van der Waals surface area contributed by atoms with Gasteiger partial charge in [-0.05, 0) is 224 Å². The van der Waals surface area contributed by atoms with Gasteiger partial charge in [-0.3, -0.25) is 0 Å². The summed E-state index contributed by atoms with van der Waals surface area (Å²) in [5, 5.41) is 10.4. The summed E-state index contributed by atoms with van der Waals surface area (Å²) < 4.78 is 89.3. The van der Waals surface area contributed by atoms with Gasteiger partial charge in [0.2, 0.25) is 5.75 Å². The highest BCUT2D eigenvalue weighted by atomic mass is 16.7. The van der Waals surface area contributed by atoms with Gasteiger partial charge in [-0.1, -0.05) is 118 Å². The molecule has 0 spiro atoms. The highest BCUT2D eigenvalue weighted by molar-refractivity contribution is 5.54. The molecule has 17 heteroatoms. The molecule has 0 aliphatic heterocycles. The van der Waals surface area contributed by atoms with Crippen molar-refractivity contribution in [3.63, 3.8) is 0 Å². The number of para-hydroxylation sites is 2. The molecule has 0 amide bonds. The molecule has 0 aliphatic rings. The molecule has 0 aliphatic carbocycles. The van der Waals surface area contributed by atoms with Crippen molar-refractivity contribution in [3.8, 4) is 51.7 Å². The van der Waals surface area contributed by atoms with E-state index in [1.54, 1.807) is 28.1 Å². The predicted molar refractivity (Wildman–Crippen MR) is 392 cm³/mol. The van der Waals surface area contributed by atoms with E-state index in [2.05, 4.69) is 93.5 Å². The molecule has 13 atom stereocenters. The molecule has 0 saturated carbocycles. The Balaban J connectivity index is 0.000000612. The van der Waals surface area contributed by atoms with Gasteiger partial charge in [0.1, 0.15) is 23.0 Å². The number of methoxy groups -OCH3 is 2. The minimum atomic E-state index is -0.449. The second kappa shape index (κ2) is 51.2. The first kappa shape index (κ1) is 89.0. The zero-order chi connectivity index (χ0) is 73.0. The number of phenolic OH excluding ortho intramolecular Hbond substituents is 1. The Kier molecular flexibility index (Phi) is 47.0. The van der Waals surface area contributed by atoms with Crippen LogP contribution >= 0.6 is 0 Å². The molecule has 0 saturated heterocycles. The number of rotatable bonds is 40. The van der Waals surface area contributed by atoms with Crippen LogP contribution < -0.4 is 37.9 Å². The molecule has 5 rings (SSSR count). The summed E-state index contributed by atoms with van der Waals surface area (Å²) in [7, 11) is 3.28. The van der Waals surface area contributed by atoms with E-state index in [9.17, 15) is 5.11 Å². The summed E-state index contributed by atoms with van der Waals surface area (Å²) in [4.78, 5) is 0. The van der Waals surface area contributed by atoms with Gasteiger partial charge >= 0.3 is 0 Å². The van der Waals surface area contributed by atoms with Crippen LogP contribution in [0.3, 0.4) is 0 Å². The number of aromatic hydroxyl groups is 1. The fraction of sp³-hybridized carbons (Fsp3) is 0.625. The molecule has 0 heterocycles. The molecular weight excluding hydrogens is 1230 g/mol. The maximum Gasteiger partial charge on any atom is 0.201 e. The number of phenols is 1. The van der Waals surface area contributed by atoms with Gasteiger partial charge in [0.05, 0.1) is 0 Å². The Morgan fingerprint density at radius 3 is 1.06 bits per heavy atom. The highest BCUT2D eigenvalue weighted by Gasteiger charge is 2.23. The van der Waals surface area contributed by atoms with Gasteiger partial charge in [-0.2, -0.15) is 0 Å². The molecular formula is C80H130O17. The Morgan fingerprint density at radius 1 is 0.289 bits per heavy atom. The Hall–Kier alpha value is -6.02. The second-order valence-corrected chi connectivity index (χ2v) is 23.6. The van der Waals surface area contributed by atoms with E-state index in [1.807, 2.05) is 156 Å². The number of benzene rings is 5. The topological polar surface area (TPSA) is 168 Å². The molecule has 0 bridgehead atoms. The van der Waals surface area contributed by atoms with Crippen molar-refractivity contribution in [3.05, 3.63) is 125 Å². The molecule has 552 valence electrons. The molecule has 0 aromatic heterocycles. The van der Waals surface area contributed by atoms with E-state index < -0.39 is 12.6 Å². The first-order valence-corrected chi connectivity index (χ1v) is 35.7. The molecule has 97 heavy (non-hydrogen) atoms. The minimum absolute atomic E-state index is 0.0323. The molecule has 1 N–H and O–H groups in total. The summed E-state index contributed by atoms with van der Waals surface area (Å²) >= 11 is 0. The Labute approximate surface area is 587 Å². The van der Waals surface area contributed by atoms with Gasteiger partial charge < -0.3 is 80.9 Å². The molecule has 0 radical (unpaired) electrons. The van der Waals surface area contributed by atoms with Crippen molar-refractivity contribution < 1.29 is 80.9 Å². The smallest absolute Gasteiger partial charge is 0.201 e. The summed E-state index contributed by atoms with van der Waals surface area (Å²) in [5.41, 5.74) is 5.82. The first-order chi connectivity index (χ1) is 46.3. The van der Waals surface area contributed by atoms with Crippen molar-refractivity contribution in [1.29, 1.82) is 0 Å². The van der Waals surface area contributed by atoms with Crippen LogP contribution in [-0.4, -0.2) is 109 Å². The van der Waals surface area contributed by atoms with E-state index in [-0.39, 0.29) is 43.5 Å². The van der Waals surface area contributed by atoms with Crippen molar-refractivity contribution >= 4 is 0 Å². The molecule has 17 nitrogen and oxygen atoms in total. The lowest BCUT2D eigenvalue weighted by Gasteiger charge is -2.24. The van der Waals surface area contributed by atoms with E-state index in [0.29, 0.717) is 86.5 Å². The summed E-state index contributed by atoms with van der Waals surface area (Å²) in [6, 6.07) is 31.9. The summed E-state index contributed by atoms with van der Waals surface area (Å²) in [6.07, 6.45) is 2.77. The van der Waals surface area contributed by atoms with Crippen LogP contribution in [0.1, 0.15) is 256 Å². The maximum atomic E-state index is 10.4. The lowest BCUT2D eigenvalue weighted by molar-refractivity contribution is -0.0770. The van der Waals surface area contributed by atoms with Crippen LogP contribution in [0, 0.1) is 0 Å². The zero-order valence-corrected chi connectivity index (χ0v) is 64.5. The van der Waals surface area contributed by atoms with Gasteiger partial charge in [-0.25, -0.2) is 0 Å². The second-order valence-electron chi connectivity index (χ2n) is 23.6. The quantitative estimate of drug-likeness (QED) is 0.0367. The van der Waals surface area contributed by atoms with Gasteiger partial charge in [0.25, 0.3) is 0 Å². The number of ether oxygens (including phenoxy) is 16. The Bertz CT molecular complexity index is 2760. The first-order valence-electron chi connectivity index (χ1n) is 35.7. The number of hydrogen-bond donors (Lipinski definition) is 1. The van der Waals surface area contributed by atoms with Crippen LogP contribution in [0.2, 0.25) is 0 Å². The fourth-order valence-corrected chi connectivity index (χ4v) is 9.57. The van der Waals surface area contributed by atoms with Crippen molar-refractivity contribution in [2.75, 3.05) is 53.9 Å². The fourth-order valence-electron chi connectivity index (χ4n) is 9.57. The Morgan fingerprint density at radius 2 is 0.619 bits per heavy atom. The SMILES string of the molecule is CCC(C)c1ccccc1OC(C)OC.CCOC(C)Oc1cc(C(C)CC)cc(OC(C)OCC)c1O.CCOC(C)Oc1cccc(C(C)CC)c1.CCOC(C)Oc1cccc(C(C)CC)c1OC(C)OCC.CCOC(C)Oc1cccc(OC(C)OC)c1C(C)CC. The molecule has 5 aromatic carbocycles. The standard InChI is InChI=1S/C18H30O5.C18H30O4.C17H28O4.C14H22O2.C13H20O2/c1-7-12(4)15-10-16(22-13(5)20-8-2)18(19)17(11-15)23-14(6)21-9-3;1-7-13(4)16-11-10-12-17(21-14(5)19-8-2)18(16)22-15(6)20-9-3;1-7-12(3)17-15(20-13(4)18-6)10-9-11-16(17)21-14(5)19-8-2;1-5-11(3)13-8-7-9-14(10-13)16-12(4)15-6-2;1-5-10(2)12-8-6-7-9-13(12)15-11(3)14-4/h10-14,19H,7-9H2,1-6H3;10-15H,7-9H2,1-6H3;9-14H,7-8H2,1-6H3;7-12H,5-6H2,1-4H3;6-11H,5H2,1-4H3. The van der Waals surface area contributed by atoms with Crippen molar-refractivity contribution in [1.82, 2.24) is 0 Å². The minimum Gasteiger partial charge on any atom is -0.502 e. The third-order valence-electron chi connectivity index (χ3n) is 16.0. The predicted octanol–water partition coefficient (Wildman–Crippen LogP) is 21.0. The zero-order valence-electron chi connectivity index (χ0n) is 64.5. The summed E-state index contributed by atoms with van der Waals surface area (Å²) in [5.74, 6) is 7.71. The summed E-state index contributed by atoms with van der Waals surface area (Å²) in [6.45, 7) is 51.9. The van der Waals surface area contributed by atoms with Crippen LogP contribution in [0.15, 0.2) is 97.1 Å². The lowest BCUT2D eigenvalue weighted by atomic mass is 9.96. The lowest BCUT2D eigenvalue weighted by Crippen LogP contribution is -2.20.